The number of carboxylic acid groups (broad SMARTS) is 1. The van der Waals surface area contributed by atoms with Crippen molar-refractivity contribution in [1.29, 1.82) is 0 Å². The summed E-state index contributed by atoms with van der Waals surface area (Å²) in [6.45, 7) is 5.64. The van der Waals surface area contributed by atoms with Crippen LogP contribution in [-0.4, -0.2) is 34.9 Å². The first-order chi connectivity index (χ1) is 11.7. The third kappa shape index (κ3) is 4.61. The summed E-state index contributed by atoms with van der Waals surface area (Å²) in [6.07, 6.45) is 0. The minimum absolute atomic E-state index is 0.281. The van der Waals surface area contributed by atoms with Gasteiger partial charge in [-0.15, -0.1) is 0 Å². The lowest BCUT2D eigenvalue weighted by atomic mass is 10.1. The predicted molar refractivity (Wildman–Crippen MR) is 101 cm³/mol. The smallest absolute Gasteiger partial charge is 0.336 e. The van der Waals surface area contributed by atoms with Crippen molar-refractivity contribution in [2.75, 3.05) is 13.1 Å². The van der Waals surface area contributed by atoms with Crippen LogP contribution in [0, 0.1) is 0 Å². The molecule has 0 fully saturated rings. The van der Waals surface area contributed by atoms with Gasteiger partial charge in [-0.2, -0.15) is 4.40 Å². The second-order valence-corrected chi connectivity index (χ2v) is 5.93. The number of amidine groups is 1. The molecule has 0 saturated heterocycles. The second kappa shape index (κ2) is 9.13. The van der Waals surface area contributed by atoms with Gasteiger partial charge in [0.25, 0.3) is 0 Å². The van der Waals surface area contributed by atoms with Crippen LogP contribution in [0.25, 0.3) is 0 Å². The van der Waals surface area contributed by atoms with Crippen LogP contribution >= 0.6 is 11.9 Å². The van der Waals surface area contributed by atoms with Crippen LogP contribution in [-0.2, 0) is 5.75 Å². The van der Waals surface area contributed by atoms with Crippen molar-refractivity contribution in [1.82, 2.24) is 4.90 Å². The quantitative estimate of drug-likeness (QED) is 0.462. The first kappa shape index (κ1) is 18.1. The number of carbonyl (C=O) groups is 1. The zero-order valence-corrected chi connectivity index (χ0v) is 14.8. The van der Waals surface area contributed by atoms with Crippen molar-refractivity contribution in [2.45, 2.75) is 19.6 Å². The molecule has 1 N–H and O–H groups in total. The number of benzene rings is 2. The Hall–Kier alpha value is -2.27. The molecule has 5 heteroatoms. The Morgan fingerprint density at radius 3 is 2.17 bits per heavy atom. The van der Waals surface area contributed by atoms with Crippen LogP contribution in [0.15, 0.2) is 59.0 Å². The molecule has 24 heavy (non-hydrogen) atoms. The van der Waals surface area contributed by atoms with Crippen molar-refractivity contribution >= 4 is 23.8 Å². The van der Waals surface area contributed by atoms with Gasteiger partial charge in [0.2, 0.25) is 0 Å². The lowest BCUT2D eigenvalue weighted by molar-refractivity contribution is 0.0696. The highest BCUT2D eigenvalue weighted by Gasteiger charge is 2.18. The van der Waals surface area contributed by atoms with E-state index < -0.39 is 5.97 Å². The number of nitrogens with zero attached hydrogens (tertiary/aromatic N) is 2. The molecule has 0 radical (unpaired) electrons. The Morgan fingerprint density at radius 1 is 1.00 bits per heavy atom. The average Bonchev–Trinajstić information content (AvgIpc) is 2.62. The van der Waals surface area contributed by atoms with Gasteiger partial charge in [0, 0.05) is 24.4 Å². The molecule has 0 spiro atoms. The summed E-state index contributed by atoms with van der Waals surface area (Å²) in [5.74, 6) is 0.540. The summed E-state index contributed by atoms with van der Waals surface area (Å²) in [4.78, 5) is 13.6. The molecule has 0 aliphatic carbocycles. The van der Waals surface area contributed by atoms with Crippen molar-refractivity contribution in [2.24, 2.45) is 4.40 Å². The highest BCUT2D eigenvalue weighted by atomic mass is 32.2. The second-order valence-electron chi connectivity index (χ2n) is 5.20. The minimum Gasteiger partial charge on any atom is -0.478 e. The predicted octanol–water partition coefficient (Wildman–Crippen LogP) is 4.32. The molecule has 0 unspecified atom stereocenters. The van der Waals surface area contributed by atoms with E-state index in [1.165, 1.54) is 17.5 Å². The van der Waals surface area contributed by atoms with Crippen molar-refractivity contribution < 1.29 is 9.90 Å². The molecular formula is C19H22N2O2S. The standard InChI is InChI=1S/C19H22N2O2S/c1-3-21(4-2)18(16-12-8-9-13-17(16)19(22)23)20-24-14-15-10-6-5-7-11-15/h5-13H,3-4,14H2,1-2H3,(H,22,23). The molecule has 0 aliphatic heterocycles. The van der Waals surface area contributed by atoms with Crippen LogP contribution in [0.5, 0.6) is 0 Å². The van der Waals surface area contributed by atoms with Gasteiger partial charge in [-0.05, 0) is 37.4 Å². The molecular weight excluding hydrogens is 320 g/mol. The minimum atomic E-state index is -0.932. The zero-order valence-electron chi connectivity index (χ0n) is 14.0. The maximum Gasteiger partial charge on any atom is 0.336 e. The highest BCUT2D eigenvalue weighted by molar-refractivity contribution is 7.97. The average molecular weight is 342 g/mol. The van der Waals surface area contributed by atoms with Gasteiger partial charge in [0.1, 0.15) is 5.84 Å². The Kier molecular flexibility index (Phi) is 6.88. The van der Waals surface area contributed by atoms with Gasteiger partial charge in [0.05, 0.1) is 5.56 Å². The number of carboxylic acids is 1. The molecule has 0 saturated carbocycles. The first-order valence-corrected chi connectivity index (χ1v) is 8.93. The van der Waals surface area contributed by atoms with Gasteiger partial charge in [-0.25, -0.2) is 4.79 Å². The van der Waals surface area contributed by atoms with E-state index in [-0.39, 0.29) is 5.56 Å². The van der Waals surface area contributed by atoms with E-state index in [2.05, 4.69) is 21.4 Å². The Morgan fingerprint density at radius 2 is 1.58 bits per heavy atom. The number of hydrogen-bond acceptors (Lipinski definition) is 3. The number of rotatable bonds is 7. The van der Waals surface area contributed by atoms with Gasteiger partial charge >= 0.3 is 5.97 Å². The molecule has 0 aromatic heterocycles. The normalized spacial score (nSPS) is 11.3. The number of hydrogen-bond donors (Lipinski definition) is 1. The topological polar surface area (TPSA) is 52.9 Å². The summed E-state index contributed by atoms with van der Waals surface area (Å²) >= 11 is 1.44. The van der Waals surface area contributed by atoms with Crippen LogP contribution in [0.4, 0.5) is 0 Å². The maximum absolute atomic E-state index is 11.5. The van der Waals surface area contributed by atoms with Gasteiger partial charge in [-0.3, -0.25) is 0 Å². The van der Waals surface area contributed by atoms with Crippen LogP contribution in [0.3, 0.4) is 0 Å². The van der Waals surface area contributed by atoms with E-state index in [1.807, 2.05) is 44.2 Å². The molecule has 2 aromatic carbocycles. The maximum atomic E-state index is 11.5. The Balaban J connectivity index is 2.31. The van der Waals surface area contributed by atoms with Crippen LogP contribution in [0.1, 0.15) is 35.3 Å². The molecule has 0 amide bonds. The summed E-state index contributed by atoms with van der Waals surface area (Å²) in [5, 5.41) is 9.46. The summed E-state index contributed by atoms with van der Waals surface area (Å²) in [6, 6.07) is 17.2. The van der Waals surface area contributed by atoms with E-state index in [0.29, 0.717) is 5.56 Å². The summed E-state index contributed by atoms with van der Waals surface area (Å²) in [7, 11) is 0. The van der Waals surface area contributed by atoms with Crippen molar-refractivity contribution in [3.8, 4) is 0 Å². The molecule has 0 heterocycles. The van der Waals surface area contributed by atoms with Gasteiger partial charge in [0.15, 0.2) is 0 Å². The zero-order chi connectivity index (χ0) is 17.4. The first-order valence-electron chi connectivity index (χ1n) is 7.98. The summed E-state index contributed by atoms with van der Waals surface area (Å²) in [5.41, 5.74) is 2.13. The number of aromatic carboxylic acids is 1. The third-order valence-corrected chi connectivity index (χ3v) is 4.45. The van der Waals surface area contributed by atoms with Gasteiger partial charge in [-0.1, -0.05) is 48.5 Å². The van der Waals surface area contributed by atoms with E-state index >= 15 is 0 Å². The Bertz CT molecular complexity index is 698. The molecule has 0 aliphatic rings. The van der Waals surface area contributed by atoms with E-state index in [9.17, 15) is 9.90 Å². The fourth-order valence-corrected chi connectivity index (χ4v) is 3.15. The summed E-state index contributed by atoms with van der Waals surface area (Å²) < 4.78 is 4.67. The lowest BCUT2D eigenvalue weighted by Crippen LogP contribution is -2.32. The SMILES string of the molecule is CCN(CC)C(=NSCc1ccccc1)c1ccccc1C(=O)O. The lowest BCUT2D eigenvalue weighted by Gasteiger charge is -2.24. The third-order valence-electron chi connectivity index (χ3n) is 3.69. The van der Waals surface area contributed by atoms with Crippen LogP contribution in [0.2, 0.25) is 0 Å². The van der Waals surface area contributed by atoms with E-state index in [0.717, 1.165) is 24.7 Å². The fourth-order valence-electron chi connectivity index (χ4n) is 2.41. The Labute approximate surface area is 147 Å². The molecule has 0 bridgehead atoms. The van der Waals surface area contributed by atoms with E-state index in [4.69, 9.17) is 0 Å². The highest BCUT2D eigenvalue weighted by Crippen LogP contribution is 2.19. The van der Waals surface area contributed by atoms with Crippen LogP contribution < -0.4 is 0 Å². The largest absolute Gasteiger partial charge is 0.478 e. The molecule has 126 valence electrons. The monoisotopic (exact) mass is 342 g/mol. The van der Waals surface area contributed by atoms with E-state index in [1.54, 1.807) is 12.1 Å². The molecule has 4 nitrogen and oxygen atoms in total. The van der Waals surface area contributed by atoms with Gasteiger partial charge < -0.3 is 10.0 Å². The van der Waals surface area contributed by atoms with Crippen molar-refractivity contribution in [3.63, 3.8) is 0 Å². The molecule has 0 atom stereocenters. The fraction of sp³-hybridized carbons (Fsp3) is 0.263. The van der Waals surface area contributed by atoms with Crippen molar-refractivity contribution in [3.05, 3.63) is 71.3 Å². The molecule has 2 aromatic rings. The molecule has 2 rings (SSSR count).